The Hall–Kier alpha value is -0.740. The Morgan fingerprint density at radius 3 is 2.22 bits per heavy atom. The van der Waals surface area contributed by atoms with Gasteiger partial charge in [-0.25, -0.2) is 8.42 Å². The van der Waals surface area contributed by atoms with Crippen LogP contribution in [-0.4, -0.2) is 15.0 Å². The van der Waals surface area contributed by atoms with Crippen LogP contribution in [0.1, 0.15) is 38.8 Å². The quantitative estimate of drug-likeness (QED) is 0.799. The first-order valence-electron chi connectivity index (χ1n) is 5.80. The van der Waals surface area contributed by atoms with Crippen molar-refractivity contribution in [1.82, 2.24) is 0 Å². The van der Waals surface area contributed by atoms with Crippen molar-refractivity contribution in [1.29, 1.82) is 0 Å². The van der Waals surface area contributed by atoms with E-state index in [1.54, 1.807) is 19.1 Å². The summed E-state index contributed by atoms with van der Waals surface area (Å²) in [6.07, 6.45) is 0. The lowest BCUT2D eigenvalue weighted by Gasteiger charge is -2.24. The van der Waals surface area contributed by atoms with Crippen LogP contribution in [0.3, 0.4) is 0 Å². The van der Waals surface area contributed by atoms with Gasteiger partial charge in [0.05, 0.1) is 11.5 Å². The van der Waals surface area contributed by atoms with Gasteiger partial charge in [-0.2, -0.15) is 0 Å². The summed E-state index contributed by atoms with van der Waals surface area (Å²) in [5.41, 5.74) is 1.23. The molecule has 1 rings (SSSR count). The van der Waals surface area contributed by atoms with E-state index in [2.05, 4.69) is 0 Å². The first-order valence-corrected chi connectivity index (χ1v) is 8.11. The molecular weight excluding hydrogens is 272 g/mol. The Morgan fingerprint density at radius 2 is 1.83 bits per heavy atom. The largest absolute Gasteiger partial charge is 0.494 e. The summed E-state index contributed by atoms with van der Waals surface area (Å²) in [5, 5.41) is 0. The monoisotopic (exact) mass is 290 g/mol. The van der Waals surface area contributed by atoms with E-state index >= 15 is 0 Å². The summed E-state index contributed by atoms with van der Waals surface area (Å²) in [4.78, 5) is 0.151. The average Bonchev–Trinajstić information content (AvgIpc) is 2.13. The van der Waals surface area contributed by atoms with Crippen LogP contribution in [0.5, 0.6) is 5.75 Å². The fourth-order valence-corrected chi connectivity index (χ4v) is 2.99. The van der Waals surface area contributed by atoms with E-state index in [0.29, 0.717) is 17.9 Å². The zero-order valence-electron chi connectivity index (χ0n) is 11.4. The summed E-state index contributed by atoms with van der Waals surface area (Å²) < 4.78 is 28.6. The van der Waals surface area contributed by atoms with E-state index in [1.165, 1.54) is 0 Å². The van der Waals surface area contributed by atoms with Crippen molar-refractivity contribution in [3.8, 4) is 5.75 Å². The molecule has 3 nitrogen and oxygen atoms in total. The van der Waals surface area contributed by atoms with Crippen LogP contribution in [0.25, 0.3) is 0 Å². The maximum Gasteiger partial charge on any atom is 0.261 e. The highest BCUT2D eigenvalue weighted by Crippen LogP contribution is 2.36. The second-order valence-corrected chi connectivity index (χ2v) is 7.77. The molecule has 0 amide bonds. The summed E-state index contributed by atoms with van der Waals surface area (Å²) in [5.74, 6) is 0.714. The van der Waals surface area contributed by atoms with E-state index in [9.17, 15) is 8.42 Å². The van der Waals surface area contributed by atoms with Crippen LogP contribution in [0.4, 0.5) is 0 Å². The van der Waals surface area contributed by atoms with Gasteiger partial charge in [0, 0.05) is 16.2 Å². The second-order valence-electron chi connectivity index (χ2n) is 5.23. The number of hydrogen-bond donors (Lipinski definition) is 0. The van der Waals surface area contributed by atoms with Gasteiger partial charge in [-0.3, -0.25) is 0 Å². The Bertz CT molecular complexity index is 542. The van der Waals surface area contributed by atoms with Crippen LogP contribution in [-0.2, 0) is 14.5 Å². The fraction of sp³-hybridized carbons (Fsp3) is 0.538. The highest BCUT2D eigenvalue weighted by atomic mass is 35.7. The van der Waals surface area contributed by atoms with Crippen LogP contribution >= 0.6 is 10.7 Å². The maximum atomic E-state index is 11.5. The molecule has 1 aromatic carbocycles. The molecule has 1 aromatic rings. The fourth-order valence-electron chi connectivity index (χ4n) is 1.79. The smallest absolute Gasteiger partial charge is 0.261 e. The molecule has 0 aromatic heterocycles. The molecule has 0 aliphatic carbocycles. The van der Waals surface area contributed by atoms with Gasteiger partial charge in [0.2, 0.25) is 0 Å². The summed E-state index contributed by atoms with van der Waals surface area (Å²) >= 11 is 0. The number of benzene rings is 1. The number of aryl methyl sites for hydroxylation is 1. The van der Waals surface area contributed by atoms with Crippen LogP contribution in [0.2, 0.25) is 0 Å². The Labute approximate surface area is 114 Å². The van der Waals surface area contributed by atoms with Crippen molar-refractivity contribution in [3.63, 3.8) is 0 Å². The molecular formula is C13H19ClO3S. The molecule has 5 heteroatoms. The highest BCUT2D eigenvalue weighted by molar-refractivity contribution is 8.13. The first kappa shape index (κ1) is 15.3. The predicted molar refractivity (Wildman–Crippen MR) is 74.1 cm³/mol. The molecule has 0 radical (unpaired) electrons. The van der Waals surface area contributed by atoms with Gasteiger partial charge < -0.3 is 4.74 Å². The van der Waals surface area contributed by atoms with Gasteiger partial charge in [-0.15, -0.1) is 0 Å². The molecule has 18 heavy (non-hydrogen) atoms. The van der Waals surface area contributed by atoms with Gasteiger partial charge in [0.1, 0.15) is 5.75 Å². The van der Waals surface area contributed by atoms with Crippen molar-refractivity contribution < 1.29 is 13.2 Å². The minimum absolute atomic E-state index is 0.151. The lowest BCUT2D eigenvalue weighted by atomic mass is 9.86. The predicted octanol–water partition coefficient (Wildman–Crippen LogP) is 3.62. The minimum Gasteiger partial charge on any atom is -0.494 e. The highest BCUT2D eigenvalue weighted by Gasteiger charge is 2.24. The molecule has 0 bridgehead atoms. The summed E-state index contributed by atoms with van der Waals surface area (Å²) in [6.45, 7) is 10.2. The Kier molecular flexibility index (Phi) is 4.34. The molecule has 0 aliphatic heterocycles. The Balaban J connectivity index is 3.56. The van der Waals surface area contributed by atoms with Gasteiger partial charge in [-0.05, 0) is 37.0 Å². The lowest BCUT2D eigenvalue weighted by Crippen LogP contribution is -2.15. The third-order valence-corrected chi connectivity index (χ3v) is 4.11. The van der Waals surface area contributed by atoms with Crippen LogP contribution in [0, 0.1) is 6.92 Å². The first-order chi connectivity index (χ1) is 8.07. The van der Waals surface area contributed by atoms with E-state index < -0.39 is 9.05 Å². The lowest BCUT2D eigenvalue weighted by molar-refractivity contribution is 0.329. The number of ether oxygens (including phenoxy) is 1. The van der Waals surface area contributed by atoms with E-state index in [4.69, 9.17) is 15.4 Å². The number of halogens is 1. The maximum absolute atomic E-state index is 11.5. The van der Waals surface area contributed by atoms with E-state index in [1.807, 2.05) is 27.7 Å². The molecule has 0 N–H and O–H groups in total. The molecule has 0 saturated heterocycles. The average molecular weight is 291 g/mol. The second kappa shape index (κ2) is 5.10. The molecule has 0 spiro atoms. The number of rotatable bonds is 3. The SMILES string of the molecule is CCOc1cc(C)c(S(=O)(=O)Cl)cc1C(C)(C)C. The topological polar surface area (TPSA) is 43.4 Å². The van der Waals surface area contributed by atoms with Gasteiger partial charge in [0.15, 0.2) is 0 Å². The molecule has 0 saturated carbocycles. The van der Waals surface area contributed by atoms with Crippen molar-refractivity contribution in [2.24, 2.45) is 0 Å². The molecule has 0 unspecified atom stereocenters. The standard InChI is InChI=1S/C13H19ClO3S/c1-6-17-11-7-9(2)12(18(14,15)16)8-10(11)13(3,4)5/h7-8H,6H2,1-5H3. The molecule has 0 fully saturated rings. The van der Waals surface area contributed by atoms with E-state index in [0.717, 1.165) is 5.56 Å². The third-order valence-electron chi connectivity index (χ3n) is 2.65. The van der Waals surface area contributed by atoms with Crippen molar-refractivity contribution in [2.45, 2.75) is 44.9 Å². The van der Waals surface area contributed by atoms with Crippen molar-refractivity contribution in [3.05, 3.63) is 23.3 Å². The molecule has 0 aliphatic rings. The zero-order chi connectivity index (χ0) is 14.1. The third kappa shape index (κ3) is 3.39. The van der Waals surface area contributed by atoms with Crippen LogP contribution < -0.4 is 4.74 Å². The molecule has 0 atom stereocenters. The summed E-state index contributed by atoms with van der Waals surface area (Å²) in [7, 11) is 1.72. The van der Waals surface area contributed by atoms with Crippen molar-refractivity contribution in [2.75, 3.05) is 6.61 Å². The molecule has 102 valence electrons. The minimum atomic E-state index is -3.73. The number of hydrogen-bond acceptors (Lipinski definition) is 3. The summed E-state index contributed by atoms with van der Waals surface area (Å²) in [6, 6.07) is 3.35. The molecule has 0 heterocycles. The normalized spacial score (nSPS) is 12.6. The Morgan fingerprint density at radius 1 is 1.28 bits per heavy atom. The van der Waals surface area contributed by atoms with Gasteiger partial charge >= 0.3 is 0 Å². The van der Waals surface area contributed by atoms with Gasteiger partial charge in [0.25, 0.3) is 9.05 Å². The zero-order valence-corrected chi connectivity index (χ0v) is 12.9. The van der Waals surface area contributed by atoms with Crippen LogP contribution in [0.15, 0.2) is 17.0 Å². The van der Waals surface area contributed by atoms with Crippen molar-refractivity contribution >= 4 is 19.7 Å². The van der Waals surface area contributed by atoms with E-state index in [-0.39, 0.29) is 10.3 Å². The van der Waals surface area contributed by atoms with Gasteiger partial charge in [-0.1, -0.05) is 20.8 Å².